The Kier molecular flexibility index (Phi) is 4.59. The van der Waals surface area contributed by atoms with E-state index in [1.165, 1.54) is 0 Å². The molecule has 1 aromatic rings. The van der Waals surface area contributed by atoms with Crippen molar-refractivity contribution in [2.45, 2.75) is 32.7 Å². The second kappa shape index (κ2) is 6.21. The van der Waals surface area contributed by atoms with Crippen molar-refractivity contribution >= 4 is 17.8 Å². The molecule has 0 spiro atoms. The average molecular weight is 280 g/mol. The predicted octanol–water partition coefficient (Wildman–Crippen LogP) is 1.35. The van der Waals surface area contributed by atoms with Crippen molar-refractivity contribution in [2.24, 2.45) is 0 Å². The molecule has 2 N–H and O–H groups in total. The van der Waals surface area contributed by atoms with Crippen LogP contribution in [-0.4, -0.2) is 53.8 Å². The van der Waals surface area contributed by atoms with Crippen molar-refractivity contribution in [3.63, 3.8) is 0 Å². The van der Waals surface area contributed by atoms with E-state index in [2.05, 4.69) is 51.3 Å². The van der Waals surface area contributed by atoms with Gasteiger partial charge in [-0.15, -0.1) is 0 Å². The fourth-order valence-electron chi connectivity index (χ4n) is 2.22. The minimum Gasteiger partial charge on any atom is -0.379 e. The molecule has 0 bridgehead atoms. The molecule has 1 saturated heterocycles. The number of rotatable bonds is 6. The summed E-state index contributed by atoms with van der Waals surface area (Å²) in [7, 11) is 1.81. The maximum absolute atomic E-state index is 5.45. The van der Waals surface area contributed by atoms with E-state index >= 15 is 0 Å². The fourth-order valence-corrected chi connectivity index (χ4v) is 2.22. The number of nitrogens with zero attached hydrogens (tertiary/aromatic N) is 4. The molecular formula is C13H24N6O. The van der Waals surface area contributed by atoms with Crippen molar-refractivity contribution in [3.8, 4) is 0 Å². The Bertz CT molecular complexity index is 442. The molecule has 2 heterocycles. The van der Waals surface area contributed by atoms with Crippen molar-refractivity contribution in [1.82, 2.24) is 15.0 Å². The lowest BCUT2D eigenvalue weighted by Crippen LogP contribution is -2.36. The first kappa shape index (κ1) is 14.8. The normalized spacial score (nSPS) is 21.8. The maximum atomic E-state index is 5.45. The molecular weight excluding hydrogens is 256 g/mol. The molecule has 20 heavy (non-hydrogen) atoms. The minimum atomic E-state index is -0.104. The number of aromatic nitrogens is 3. The van der Waals surface area contributed by atoms with Gasteiger partial charge in [-0.2, -0.15) is 15.0 Å². The van der Waals surface area contributed by atoms with Crippen molar-refractivity contribution < 1.29 is 4.74 Å². The van der Waals surface area contributed by atoms with Gasteiger partial charge in [0.15, 0.2) is 0 Å². The monoisotopic (exact) mass is 280 g/mol. The van der Waals surface area contributed by atoms with E-state index in [9.17, 15) is 0 Å². The van der Waals surface area contributed by atoms with E-state index < -0.39 is 0 Å². The number of anilines is 3. The van der Waals surface area contributed by atoms with Crippen LogP contribution in [0.4, 0.5) is 17.8 Å². The molecule has 1 atom stereocenters. The number of nitrogens with one attached hydrogen (secondary N) is 2. The molecule has 0 radical (unpaired) electrons. The zero-order valence-electron chi connectivity index (χ0n) is 12.7. The Morgan fingerprint density at radius 3 is 2.45 bits per heavy atom. The smallest absolute Gasteiger partial charge is 0.231 e. The highest BCUT2D eigenvalue weighted by molar-refractivity contribution is 5.44. The Labute approximate surface area is 120 Å². The third-order valence-corrected chi connectivity index (χ3v) is 3.53. The quantitative estimate of drug-likeness (QED) is 0.814. The van der Waals surface area contributed by atoms with E-state index in [4.69, 9.17) is 4.74 Å². The molecule has 0 saturated carbocycles. The van der Waals surface area contributed by atoms with Crippen LogP contribution in [0.2, 0.25) is 0 Å². The van der Waals surface area contributed by atoms with Crippen LogP contribution in [0.15, 0.2) is 0 Å². The van der Waals surface area contributed by atoms with Crippen LogP contribution in [-0.2, 0) is 4.74 Å². The highest BCUT2D eigenvalue weighted by Gasteiger charge is 2.30. The topological polar surface area (TPSA) is 75.2 Å². The molecule has 7 nitrogen and oxygen atoms in total. The van der Waals surface area contributed by atoms with Crippen LogP contribution >= 0.6 is 0 Å². The highest BCUT2D eigenvalue weighted by atomic mass is 16.5. The molecule has 1 unspecified atom stereocenters. The summed E-state index contributed by atoms with van der Waals surface area (Å²) in [5, 5.41) is 6.37. The molecule has 0 amide bonds. The van der Waals surface area contributed by atoms with Gasteiger partial charge in [-0.05, 0) is 27.2 Å². The molecule has 112 valence electrons. The van der Waals surface area contributed by atoms with Crippen LogP contribution in [0.3, 0.4) is 0 Å². The standard InChI is InChI=1S/C13H24N6O/c1-5-19(6-2)12-16-10(14-4)15-11(17-12)18-13(3)7-8-20-9-13/h5-9H2,1-4H3,(H2,14,15,16,17,18). The first-order valence-corrected chi connectivity index (χ1v) is 7.15. The summed E-state index contributed by atoms with van der Waals surface area (Å²) in [5.41, 5.74) is -0.104. The van der Waals surface area contributed by atoms with E-state index in [-0.39, 0.29) is 5.54 Å². The number of hydrogen-bond donors (Lipinski definition) is 2. The zero-order valence-corrected chi connectivity index (χ0v) is 12.7. The van der Waals surface area contributed by atoms with Crippen molar-refractivity contribution in [3.05, 3.63) is 0 Å². The minimum absolute atomic E-state index is 0.104. The molecule has 2 rings (SSSR count). The van der Waals surface area contributed by atoms with Crippen LogP contribution in [0.5, 0.6) is 0 Å². The molecule has 1 aliphatic rings. The highest BCUT2D eigenvalue weighted by Crippen LogP contribution is 2.23. The SMILES string of the molecule is CCN(CC)c1nc(NC)nc(NC2(C)CCOC2)n1. The van der Waals surface area contributed by atoms with Gasteiger partial charge < -0.3 is 20.3 Å². The lowest BCUT2D eigenvalue weighted by molar-refractivity contribution is 0.185. The molecule has 0 aliphatic carbocycles. The summed E-state index contributed by atoms with van der Waals surface area (Å²) >= 11 is 0. The van der Waals surface area contributed by atoms with Gasteiger partial charge in [0.1, 0.15) is 0 Å². The molecule has 1 aliphatic heterocycles. The third-order valence-electron chi connectivity index (χ3n) is 3.53. The molecule has 1 fully saturated rings. The van der Waals surface area contributed by atoms with E-state index in [1.807, 2.05) is 7.05 Å². The lowest BCUT2D eigenvalue weighted by Gasteiger charge is -2.25. The van der Waals surface area contributed by atoms with Gasteiger partial charge in [-0.1, -0.05) is 0 Å². The Morgan fingerprint density at radius 2 is 1.90 bits per heavy atom. The summed E-state index contributed by atoms with van der Waals surface area (Å²) in [4.78, 5) is 15.4. The summed E-state index contributed by atoms with van der Waals surface area (Å²) in [6.45, 7) is 9.48. The van der Waals surface area contributed by atoms with Gasteiger partial charge in [-0.3, -0.25) is 0 Å². The van der Waals surface area contributed by atoms with E-state index in [0.717, 1.165) is 26.1 Å². The zero-order chi connectivity index (χ0) is 14.6. The Morgan fingerprint density at radius 1 is 1.20 bits per heavy atom. The Balaban J connectivity index is 2.25. The van der Waals surface area contributed by atoms with Crippen molar-refractivity contribution in [1.29, 1.82) is 0 Å². The second-order valence-corrected chi connectivity index (χ2v) is 5.19. The van der Waals surface area contributed by atoms with Gasteiger partial charge in [0.25, 0.3) is 0 Å². The summed E-state index contributed by atoms with van der Waals surface area (Å²) in [5.74, 6) is 1.87. The maximum Gasteiger partial charge on any atom is 0.231 e. The van der Waals surface area contributed by atoms with Gasteiger partial charge in [0, 0.05) is 26.7 Å². The fraction of sp³-hybridized carbons (Fsp3) is 0.769. The van der Waals surface area contributed by atoms with Gasteiger partial charge >= 0.3 is 0 Å². The van der Waals surface area contributed by atoms with Crippen LogP contribution in [0.25, 0.3) is 0 Å². The van der Waals surface area contributed by atoms with E-state index in [0.29, 0.717) is 24.5 Å². The van der Waals surface area contributed by atoms with Crippen LogP contribution < -0.4 is 15.5 Å². The van der Waals surface area contributed by atoms with Gasteiger partial charge in [0.05, 0.1) is 12.1 Å². The summed E-state index contributed by atoms with van der Waals surface area (Å²) < 4.78 is 5.45. The third kappa shape index (κ3) is 3.27. The largest absolute Gasteiger partial charge is 0.379 e. The van der Waals surface area contributed by atoms with Crippen LogP contribution in [0.1, 0.15) is 27.2 Å². The molecule has 1 aromatic heterocycles. The first-order valence-electron chi connectivity index (χ1n) is 7.15. The molecule has 7 heteroatoms. The molecule has 0 aromatic carbocycles. The summed E-state index contributed by atoms with van der Waals surface area (Å²) in [6, 6.07) is 0. The Hall–Kier alpha value is -1.63. The average Bonchev–Trinajstić information content (AvgIpc) is 2.86. The van der Waals surface area contributed by atoms with Gasteiger partial charge in [0.2, 0.25) is 17.8 Å². The van der Waals surface area contributed by atoms with E-state index in [1.54, 1.807) is 0 Å². The second-order valence-electron chi connectivity index (χ2n) is 5.19. The lowest BCUT2D eigenvalue weighted by atomic mass is 10.0. The first-order chi connectivity index (χ1) is 9.60. The van der Waals surface area contributed by atoms with Crippen molar-refractivity contribution in [2.75, 3.05) is 48.9 Å². The number of hydrogen-bond acceptors (Lipinski definition) is 7. The predicted molar refractivity (Wildman–Crippen MR) is 80.4 cm³/mol. The van der Waals surface area contributed by atoms with Gasteiger partial charge in [-0.25, -0.2) is 0 Å². The van der Waals surface area contributed by atoms with Crippen LogP contribution in [0, 0.1) is 0 Å². The number of ether oxygens (including phenoxy) is 1. The summed E-state index contributed by atoms with van der Waals surface area (Å²) in [6.07, 6.45) is 0.953.